The van der Waals surface area contributed by atoms with Gasteiger partial charge in [0.2, 0.25) is 11.9 Å². The number of nitrogens with one attached hydrogen (secondary N) is 1. The summed E-state index contributed by atoms with van der Waals surface area (Å²) < 4.78 is 5.55. The molecule has 1 aromatic carbocycles. The Balaban J connectivity index is 0.00000240. The third-order valence-corrected chi connectivity index (χ3v) is 5.70. The van der Waals surface area contributed by atoms with E-state index < -0.39 is 0 Å². The normalized spacial score (nSPS) is 23.3. The third kappa shape index (κ3) is 5.21. The van der Waals surface area contributed by atoms with Crippen molar-refractivity contribution < 1.29 is 4.74 Å². The molecule has 3 aliphatic rings. The van der Waals surface area contributed by atoms with Crippen LogP contribution < -0.4 is 16.0 Å². The van der Waals surface area contributed by atoms with Crippen molar-refractivity contribution in [2.45, 2.75) is 58.3 Å². The first-order valence-electron chi connectivity index (χ1n) is 10.5. The summed E-state index contributed by atoms with van der Waals surface area (Å²) in [6.07, 6.45) is 6.03. The van der Waals surface area contributed by atoms with Gasteiger partial charge in [-0.25, -0.2) is 4.99 Å². The van der Waals surface area contributed by atoms with Crippen LogP contribution in [0.25, 0.3) is 0 Å². The van der Waals surface area contributed by atoms with Crippen molar-refractivity contribution in [1.29, 1.82) is 0 Å². The number of nitrogens with two attached hydrogens (primary N) is 1. The summed E-state index contributed by atoms with van der Waals surface area (Å²) in [5.74, 6) is 1.21. The van der Waals surface area contributed by atoms with Crippen LogP contribution >= 0.6 is 12.4 Å². The molecule has 2 fully saturated rings. The van der Waals surface area contributed by atoms with Gasteiger partial charge in [-0.05, 0) is 49.9 Å². The van der Waals surface area contributed by atoms with E-state index in [0.717, 1.165) is 24.7 Å². The first-order valence-corrected chi connectivity index (χ1v) is 10.5. The number of nitrogens with zero attached hydrogens (tertiary/aromatic N) is 4. The van der Waals surface area contributed by atoms with Gasteiger partial charge >= 0.3 is 0 Å². The SMILES string of the molecule is Cc1cc(C)cc(N2C(N3CCOCC3)=NC(N)=NC2NC2CCCCC2)c1.Cl. The number of hydrogen-bond donors (Lipinski definition) is 2. The highest BCUT2D eigenvalue weighted by atomic mass is 35.5. The van der Waals surface area contributed by atoms with Crippen molar-refractivity contribution in [2.24, 2.45) is 15.7 Å². The minimum Gasteiger partial charge on any atom is -0.378 e. The highest BCUT2D eigenvalue weighted by molar-refractivity contribution is 6.05. The molecule has 7 nitrogen and oxygen atoms in total. The summed E-state index contributed by atoms with van der Waals surface area (Å²) in [5, 5.41) is 3.76. The van der Waals surface area contributed by atoms with Crippen LogP contribution in [0.15, 0.2) is 28.2 Å². The van der Waals surface area contributed by atoms with Crippen LogP contribution in [0, 0.1) is 13.8 Å². The van der Waals surface area contributed by atoms with Crippen LogP contribution in [-0.2, 0) is 4.74 Å². The largest absolute Gasteiger partial charge is 0.378 e. The van der Waals surface area contributed by atoms with Gasteiger partial charge in [-0.3, -0.25) is 10.2 Å². The monoisotopic (exact) mass is 420 g/mol. The van der Waals surface area contributed by atoms with Crippen molar-refractivity contribution in [3.05, 3.63) is 29.3 Å². The van der Waals surface area contributed by atoms with Crippen LogP contribution in [0.5, 0.6) is 0 Å². The lowest BCUT2D eigenvalue weighted by Gasteiger charge is -2.42. The van der Waals surface area contributed by atoms with Gasteiger partial charge < -0.3 is 15.4 Å². The molecule has 1 aromatic rings. The molecule has 8 heteroatoms. The Hall–Kier alpha value is -1.83. The first kappa shape index (κ1) is 21.9. The van der Waals surface area contributed by atoms with Gasteiger partial charge in [-0.15, -0.1) is 12.4 Å². The van der Waals surface area contributed by atoms with Crippen molar-refractivity contribution >= 4 is 30.0 Å². The number of guanidine groups is 2. The Morgan fingerprint density at radius 2 is 1.69 bits per heavy atom. The first-order chi connectivity index (χ1) is 13.6. The molecule has 0 aromatic heterocycles. The summed E-state index contributed by atoms with van der Waals surface area (Å²) in [6, 6.07) is 7.07. The molecule has 1 saturated heterocycles. The molecule has 1 atom stereocenters. The molecule has 29 heavy (non-hydrogen) atoms. The molecule has 160 valence electrons. The molecular weight excluding hydrogens is 388 g/mol. The topological polar surface area (TPSA) is 78.5 Å². The second-order valence-electron chi connectivity index (χ2n) is 8.09. The van der Waals surface area contributed by atoms with Gasteiger partial charge in [0.05, 0.1) is 13.2 Å². The minimum absolute atomic E-state index is 0. The van der Waals surface area contributed by atoms with Crippen LogP contribution in [0.1, 0.15) is 43.2 Å². The zero-order valence-corrected chi connectivity index (χ0v) is 18.2. The van der Waals surface area contributed by atoms with E-state index in [1.54, 1.807) is 0 Å². The lowest BCUT2D eigenvalue weighted by atomic mass is 9.95. The van der Waals surface area contributed by atoms with Crippen molar-refractivity contribution in [3.8, 4) is 0 Å². The molecule has 2 heterocycles. The maximum absolute atomic E-state index is 6.17. The predicted molar refractivity (Wildman–Crippen MR) is 121 cm³/mol. The second-order valence-corrected chi connectivity index (χ2v) is 8.09. The average Bonchev–Trinajstić information content (AvgIpc) is 2.68. The fraction of sp³-hybridized carbons (Fsp3) is 0.619. The van der Waals surface area contributed by atoms with Crippen molar-refractivity contribution in [1.82, 2.24) is 10.2 Å². The van der Waals surface area contributed by atoms with Crippen molar-refractivity contribution in [2.75, 3.05) is 31.2 Å². The van der Waals surface area contributed by atoms with Crippen LogP contribution in [0.4, 0.5) is 5.69 Å². The highest BCUT2D eigenvalue weighted by Crippen LogP contribution is 2.26. The average molecular weight is 421 g/mol. The number of hydrogen-bond acceptors (Lipinski definition) is 7. The third-order valence-electron chi connectivity index (χ3n) is 5.70. The highest BCUT2D eigenvalue weighted by Gasteiger charge is 2.33. The number of ether oxygens (including phenoxy) is 1. The molecule has 0 bridgehead atoms. The molecule has 0 radical (unpaired) electrons. The lowest BCUT2D eigenvalue weighted by Crippen LogP contribution is -2.60. The van der Waals surface area contributed by atoms with E-state index in [2.05, 4.69) is 52.2 Å². The minimum atomic E-state index is -0.236. The number of benzene rings is 1. The number of aryl methyl sites for hydroxylation is 2. The summed E-state index contributed by atoms with van der Waals surface area (Å²) in [4.78, 5) is 13.9. The van der Waals surface area contributed by atoms with Crippen molar-refractivity contribution in [3.63, 3.8) is 0 Å². The molecule has 2 aliphatic heterocycles. The predicted octanol–water partition coefficient (Wildman–Crippen LogP) is 2.75. The van der Waals surface area contributed by atoms with E-state index in [4.69, 9.17) is 15.5 Å². The van der Waals surface area contributed by atoms with E-state index in [1.807, 2.05) is 0 Å². The Morgan fingerprint density at radius 3 is 2.34 bits per heavy atom. The van der Waals surface area contributed by atoms with Crippen LogP contribution in [0.2, 0.25) is 0 Å². The van der Waals surface area contributed by atoms with Gasteiger partial charge in [0.15, 0.2) is 6.29 Å². The fourth-order valence-electron chi connectivity index (χ4n) is 4.40. The Bertz CT molecular complexity index is 735. The van der Waals surface area contributed by atoms with Gasteiger partial charge in [0.25, 0.3) is 0 Å². The zero-order valence-electron chi connectivity index (χ0n) is 17.4. The molecule has 4 rings (SSSR count). The van der Waals surface area contributed by atoms with E-state index >= 15 is 0 Å². The second kappa shape index (κ2) is 9.78. The molecule has 0 spiro atoms. The Labute approximate surface area is 179 Å². The zero-order chi connectivity index (χ0) is 19.5. The van der Waals surface area contributed by atoms with Gasteiger partial charge in [0.1, 0.15) is 0 Å². The maximum atomic E-state index is 6.17. The fourth-order valence-corrected chi connectivity index (χ4v) is 4.40. The van der Waals surface area contributed by atoms with E-state index in [0.29, 0.717) is 25.2 Å². The molecule has 1 saturated carbocycles. The lowest BCUT2D eigenvalue weighted by molar-refractivity contribution is 0.0669. The van der Waals surface area contributed by atoms with E-state index in [1.165, 1.54) is 43.2 Å². The Morgan fingerprint density at radius 1 is 1.03 bits per heavy atom. The van der Waals surface area contributed by atoms with Crippen LogP contribution in [0.3, 0.4) is 0 Å². The van der Waals surface area contributed by atoms with Crippen LogP contribution in [-0.4, -0.2) is 55.5 Å². The smallest absolute Gasteiger partial charge is 0.221 e. The van der Waals surface area contributed by atoms with Gasteiger partial charge in [-0.1, -0.05) is 25.3 Å². The Kier molecular flexibility index (Phi) is 7.38. The van der Waals surface area contributed by atoms with E-state index in [-0.39, 0.29) is 18.7 Å². The molecule has 3 N–H and O–H groups in total. The molecular formula is C21H33ClN6O. The standard InChI is InChI=1S/C21H32N6O.ClH/c1-15-12-16(2)14-18(13-15)27-20(23-17-6-4-3-5-7-17)24-19(22)25-21(27)26-8-10-28-11-9-26;/h12-14,17,20,23H,3-11H2,1-2H3,(H2,22,24);1H. The number of anilines is 1. The number of rotatable bonds is 3. The summed E-state index contributed by atoms with van der Waals surface area (Å²) in [7, 11) is 0. The number of morpholine rings is 1. The molecule has 1 aliphatic carbocycles. The maximum Gasteiger partial charge on any atom is 0.221 e. The molecule has 1 unspecified atom stereocenters. The van der Waals surface area contributed by atoms with Gasteiger partial charge in [-0.2, -0.15) is 4.99 Å². The van der Waals surface area contributed by atoms with Gasteiger partial charge in [0, 0.05) is 24.8 Å². The van der Waals surface area contributed by atoms with E-state index in [9.17, 15) is 0 Å². The molecule has 0 amide bonds. The summed E-state index contributed by atoms with van der Waals surface area (Å²) >= 11 is 0. The number of aliphatic imine (C=N–C) groups is 2. The summed E-state index contributed by atoms with van der Waals surface area (Å²) in [6.45, 7) is 7.29. The number of halogens is 1. The summed E-state index contributed by atoms with van der Waals surface area (Å²) in [5.41, 5.74) is 9.73. The quantitative estimate of drug-likeness (QED) is 0.786.